The van der Waals surface area contributed by atoms with E-state index in [0.717, 1.165) is 0 Å². The van der Waals surface area contributed by atoms with Crippen molar-refractivity contribution in [2.24, 2.45) is 5.16 Å². The molecule has 3 aromatic carbocycles. The van der Waals surface area contributed by atoms with E-state index in [-0.39, 0.29) is 11.7 Å². The lowest BCUT2D eigenvalue weighted by Crippen LogP contribution is -2.31. The molecule has 0 aromatic heterocycles. The van der Waals surface area contributed by atoms with Crippen molar-refractivity contribution in [1.82, 2.24) is 5.32 Å². The van der Waals surface area contributed by atoms with E-state index in [1.165, 1.54) is 0 Å². The van der Waals surface area contributed by atoms with Crippen LogP contribution in [0.1, 0.15) is 26.3 Å². The molecule has 26 heavy (non-hydrogen) atoms. The molecule has 0 aliphatic rings. The van der Waals surface area contributed by atoms with Gasteiger partial charge in [-0.2, -0.15) is 0 Å². The average molecular weight is 344 g/mol. The van der Waals surface area contributed by atoms with Crippen molar-refractivity contribution in [2.75, 3.05) is 0 Å². The molecule has 0 aliphatic carbocycles. The minimum Gasteiger partial charge on any atom is -0.311 e. The molecular weight excluding hydrogens is 328 g/mol. The molecule has 3 rings (SSSR count). The Morgan fingerprint density at radius 1 is 0.654 bits per heavy atom. The quantitative estimate of drug-likeness (QED) is 0.340. The van der Waals surface area contributed by atoms with E-state index < -0.39 is 5.97 Å². The number of hydrogen-bond acceptors (Lipinski definition) is 4. The predicted octanol–water partition coefficient (Wildman–Crippen LogP) is 3.64. The van der Waals surface area contributed by atoms with Gasteiger partial charge in [-0.05, 0) is 24.3 Å². The minimum absolute atomic E-state index is 0.156. The Labute approximate surface area is 150 Å². The number of oxime groups is 1. The fourth-order valence-corrected chi connectivity index (χ4v) is 2.23. The summed E-state index contributed by atoms with van der Waals surface area (Å²) in [5, 5.41) is 6.56. The standard InChI is InChI=1S/C21H16N2O3/c24-20(17-12-6-2-7-13-17)22-19(16-10-4-1-5-11-16)23-26-21(25)18-14-8-3-9-15-18/h1-15H,(H,22,23,24). The van der Waals surface area contributed by atoms with Crippen molar-refractivity contribution in [2.45, 2.75) is 0 Å². The second-order valence-corrected chi connectivity index (χ2v) is 5.37. The van der Waals surface area contributed by atoms with Gasteiger partial charge in [0.2, 0.25) is 0 Å². The zero-order chi connectivity index (χ0) is 18.2. The number of nitrogens with zero attached hydrogens (tertiary/aromatic N) is 1. The van der Waals surface area contributed by atoms with Crippen LogP contribution in [-0.2, 0) is 4.84 Å². The van der Waals surface area contributed by atoms with E-state index in [0.29, 0.717) is 16.7 Å². The lowest BCUT2D eigenvalue weighted by Gasteiger charge is -2.08. The van der Waals surface area contributed by atoms with Gasteiger partial charge in [-0.3, -0.25) is 4.79 Å². The zero-order valence-corrected chi connectivity index (χ0v) is 13.8. The van der Waals surface area contributed by atoms with Crippen molar-refractivity contribution in [3.63, 3.8) is 0 Å². The summed E-state index contributed by atoms with van der Waals surface area (Å²) in [5.74, 6) is -0.791. The van der Waals surface area contributed by atoms with Crippen LogP contribution in [0.4, 0.5) is 0 Å². The number of hydrogen-bond donors (Lipinski definition) is 1. The first kappa shape index (κ1) is 17.1. The van der Waals surface area contributed by atoms with Gasteiger partial charge in [0.1, 0.15) is 0 Å². The Bertz CT molecular complexity index is 908. The molecule has 128 valence electrons. The van der Waals surface area contributed by atoms with Gasteiger partial charge in [0.25, 0.3) is 5.91 Å². The van der Waals surface area contributed by atoms with Gasteiger partial charge < -0.3 is 10.2 Å². The minimum atomic E-state index is -0.604. The molecule has 0 bridgehead atoms. The third-order valence-corrected chi connectivity index (χ3v) is 3.54. The van der Waals surface area contributed by atoms with E-state index in [9.17, 15) is 9.59 Å². The summed E-state index contributed by atoms with van der Waals surface area (Å²) in [6.07, 6.45) is 0. The van der Waals surface area contributed by atoms with Crippen LogP contribution >= 0.6 is 0 Å². The van der Waals surface area contributed by atoms with E-state index in [4.69, 9.17) is 4.84 Å². The summed E-state index contributed by atoms with van der Waals surface area (Å²) >= 11 is 0. The van der Waals surface area contributed by atoms with E-state index >= 15 is 0 Å². The van der Waals surface area contributed by atoms with Crippen LogP contribution in [0.5, 0.6) is 0 Å². The lowest BCUT2D eigenvalue weighted by molar-refractivity contribution is 0.0513. The number of nitrogens with one attached hydrogen (secondary N) is 1. The van der Waals surface area contributed by atoms with E-state index in [1.54, 1.807) is 78.9 Å². The lowest BCUT2D eigenvalue weighted by atomic mass is 10.2. The second-order valence-electron chi connectivity index (χ2n) is 5.37. The highest BCUT2D eigenvalue weighted by Crippen LogP contribution is 2.06. The number of rotatable bonds is 4. The Balaban J connectivity index is 1.82. The molecule has 0 saturated carbocycles. The van der Waals surface area contributed by atoms with Crippen molar-refractivity contribution in [3.05, 3.63) is 108 Å². The summed E-state index contributed by atoms with van der Waals surface area (Å²) in [5.41, 5.74) is 1.47. The maximum Gasteiger partial charge on any atom is 0.365 e. The highest BCUT2D eigenvalue weighted by molar-refractivity contribution is 6.12. The number of benzene rings is 3. The van der Waals surface area contributed by atoms with Crippen LogP contribution in [-0.4, -0.2) is 17.7 Å². The third-order valence-electron chi connectivity index (χ3n) is 3.54. The number of amides is 1. The Morgan fingerprint density at radius 2 is 1.12 bits per heavy atom. The number of amidine groups is 1. The van der Waals surface area contributed by atoms with Gasteiger partial charge in [0, 0.05) is 11.1 Å². The molecule has 3 aromatic rings. The van der Waals surface area contributed by atoms with Crippen LogP contribution < -0.4 is 5.32 Å². The predicted molar refractivity (Wildman–Crippen MR) is 98.7 cm³/mol. The van der Waals surface area contributed by atoms with Crippen molar-refractivity contribution >= 4 is 17.7 Å². The van der Waals surface area contributed by atoms with Gasteiger partial charge in [-0.15, -0.1) is 0 Å². The van der Waals surface area contributed by atoms with Crippen molar-refractivity contribution in [1.29, 1.82) is 0 Å². The summed E-state index contributed by atoms with van der Waals surface area (Å²) < 4.78 is 0. The molecule has 0 unspecified atom stereocenters. The first-order valence-corrected chi connectivity index (χ1v) is 8.00. The SMILES string of the molecule is O=C(N/C(=N\OC(=O)c1ccccc1)c1ccccc1)c1ccccc1. The first-order chi connectivity index (χ1) is 12.7. The fraction of sp³-hybridized carbons (Fsp3) is 0. The molecule has 0 radical (unpaired) electrons. The molecule has 0 atom stereocenters. The molecular formula is C21H16N2O3. The molecule has 1 N–H and O–H groups in total. The second kappa shape index (κ2) is 8.39. The Kier molecular flexibility index (Phi) is 5.52. The first-order valence-electron chi connectivity index (χ1n) is 8.00. The molecule has 0 heterocycles. The molecule has 0 aliphatic heterocycles. The molecule has 0 spiro atoms. The monoisotopic (exact) mass is 344 g/mol. The number of carbonyl (C=O) groups excluding carboxylic acids is 2. The van der Waals surface area contributed by atoms with Gasteiger partial charge >= 0.3 is 5.97 Å². The van der Waals surface area contributed by atoms with Crippen LogP contribution in [0.2, 0.25) is 0 Å². The molecule has 0 fully saturated rings. The smallest absolute Gasteiger partial charge is 0.311 e. The maximum atomic E-state index is 12.4. The highest BCUT2D eigenvalue weighted by atomic mass is 16.7. The van der Waals surface area contributed by atoms with Crippen molar-refractivity contribution < 1.29 is 14.4 Å². The zero-order valence-electron chi connectivity index (χ0n) is 13.8. The van der Waals surface area contributed by atoms with Gasteiger partial charge in [0.15, 0.2) is 5.84 Å². The Hall–Kier alpha value is -3.73. The average Bonchev–Trinajstić information content (AvgIpc) is 2.72. The van der Waals surface area contributed by atoms with E-state index in [2.05, 4.69) is 10.5 Å². The van der Waals surface area contributed by atoms with Crippen LogP contribution in [0.3, 0.4) is 0 Å². The van der Waals surface area contributed by atoms with E-state index in [1.807, 2.05) is 12.1 Å². The molecule has 5 nitrogen and oxygen atoms in total. The highest BCUT2D eigenvalue weighted by Gasteiger charge is 2.13. The molecule has 5 heteroatoms. The topological polar surface area (TPSA) is 67.8 Å². The van der Waals surface area contributed by atoms with Gasteiger partial charge in [0.05, 0.1) is 5.56 Å². The number of carbonyl (C=O) groups is 2. The van der Waals surface area contributed by atoms with Gasteiger partial charge in [-0.1, -0.05) is 71.9 Å². The summed E-state index contributed by atoms with van der Waals surface area (Å²) in [6.45, 7) is 0. The normalized spacial score (nSPS) is 10.8. The Morgan fingerprint density at radius 3 is 1.65 bits per heavy atom. The fourth-order valence-electron chi connectivity index (χ4n) is 2.23. The molecule has 1 amide bonds. The summed E-state index contributed by atoms with van der Waals surface area (Å²) in [6, 6.07) is 26.2. The van der Waals surface area contributed by atoms with Crippen LogP contribution in [0.15, 0.2) is 96.2 Å². The van der Waals surface area contributed by atoms with Gasteiger partial charge in [-0.25, -0.2) is 4.79 Å². The third kappa shape index (κ3) is 4.42. The largest absolute Gasteiger partial charge is 0.365 e. The summed E-state index contributed by atoms with van der Waals surface area (Å²) in [7, 11) is 0. The summed E-state index contributed by atoms with van der Waals surface area (Å²) in [4.78, 5) is 29.5. The molecule has 0 saturated heterocycles. The van der Waals surface area contributed by atoms with Crippen LogP contribution in [0, 0.1) is 0 Å². The maximum absolute atomic E-state index is 12.4. The van der Waals surface area contributed by atoms with Crippen LogP contribution in [0.25, 0.3) is 0 Å². The van der Waals surface area contributed by atoms with Crippen molar-refractivity contribution in [3.8, 4) is 0 Å².